The third kappa shape index (κ3) is 7.42. The van der Waals surface area contributed by atoms with Crippen molar-refractivity contribution in [3.8, 4) is 11.8 Å². The third-order valence-electron chi connectivity index (χ3n) is 12.9. The zero-order chi connectivity index (χ0) is 42.7. The van der Waals surface area contributed by atoms with Gasteiger partial charge in [-0.3, -0.25) is 34.2 Å². The quantitative estimate of drug-likeness (QED) is 0.259. The first kappa shape index (κ1) is 41.1. The summed E-state index contributed by atoms with van der Waals surface area (Å²) in [6.07, 6.45) is 3.09. The van der Waals surface area contributed by atoms with Crippen LogP contribution < -0.4 is 30.5 Å². The lowest BCUT2D eigenvalue weighted by molar-refractivity contribution is -0.164. The lowest BCUT2D eigenvalue weighted by Gasteiger charge is -2.63. The Labute approximate surface area is 351 Å². The molecule has 5 aliphatic rings. The molecule has 15 nitrogen and oxygen atoms in total. The highest BCUT2D eigenvalue weighted by Crippen LogP contribution is 2.55. The molecule has 0 radical (unpaired) electrons. The molecule has 1 unspecified atom stereocenters. The number of carbonyl (C=O) groups is 5. The van der Waals surface area contributed by atoms with Crippen LogP contribution in [0.2, 0.25) is 5.02 Å². The molecule has 4 aliphatic heterocycles. The van der Waals surface area contributed by atoms with Crippen LogP contribution in [0, 0.1) is 28.0 Å². The second kappa shape index (κ2) is 15.7. The van der Waals surface area contributed by atoms with E-state index in [9.17, 15) is 29.2 Å². The summed E-state index contributed by atoms with van der Waals surface area (Å²) in [6.45, 7) is 10.8. The highest BCUT2D eigenvalue weighted by Gasteiger charge is 2.64. The predicted molar refractivity (Wildman–Crippen MR) is 218 cm³/mol. The zero-order valence-electron chi connectivity index (χ0n) is 33.9. The Bertz CT molecular complexity index is 2280. The van der Waals surface area contributed by atoms with Gasteiger partial charge in [-0.25, -0.2) is 4.39 Å². The largest absolute Gasteiger partial charge is 0.489 e. The van der Waals surface area contributed by atoms with E-state index in [0.29, 0.717) is 35.2 Å². The van der Waals surface area contributed by atoms with Gasteiger partial charge in [0, 0.05) is 67.6 Å². The number of carbonyl (C=O) groups excluding carboxylic acids is 5. The predicted octanol–water partition coefficient (Wildman–Crippen LogP) is 4.38. The Morgan fingerprint density at radius 1 is 0.883 bits per heavy atom. The van der Waals surface area contributed by atoms with Crippen molar-refractivity contribution in [2.24, 2.45) is 10.8 Å². The molecular weight excluding hydrogens is 793 g/mol. The molecule has 3 aromatic rings. The summed E-state index contributed by atoms with van der Waals surface area (Å²) in [5, 5.41) is 27.4. The second-order valence-corrected chi connectivity index (χ2v) is 18.0. The SMILES string of the molecule is CC1(C)C(NC(=O)c2ccc(N3CCC(NC4CCN(c5cc6c(cc5F)C(=O)N(C5CCC(=O)NC5=O)C6=O)CC4)CC3)nn2)C(C)(C)C1Oc1ccc(C#N)c(Cl)c1. The molecule has 0 bridgehead atoms. The maximum atomic E-state index is 15.4. The van der Waals surface area contributed by atoms with Crippen molar-refractivity contribution in [2.45, 2.75) is 96.5 Å². The van der Waals surface area contributed by atoms with Gasteiger partial charge in [-0.15, -0.1) is 10.2 Å². The number of piperidine rings is 3. The Balaban J connectivity index is 0.800. The van der Waals surface area contributed by atoms with Gasteiger partial charge in [0.25, 0.3) is 17.7 Å². The lowest BCUT2D eigenvalue weighted by Crippen LogP contribution is -2.74. The van der Waals surface area contributed by atoms with Crippen LogP contribution in [-0.4, -0.2) is 101 Å². The fraction of sp³-hybridized carbons (Fsp3) is 0.488. The number of imide groups is 2. The smallest absolute Gasteiger partial charge is 0.272 e. The van der Waals surface area contributed by atoms with Crippen LogP contribution in [0.3, 0.4) is 0 Å². The average molecular weight is 840 g/mol. The van der Waals surface area contributed by atoms with E-state index in [4.69, 9.17) is 16.3 Å². The van der Waals surface area contributed by atoms with Crippen molar-refractivity contribution >= 4 is 52.6 Å². The van der Waals surface area contributed by atoms with Crippen molar-refractivity contribution < 1.29 is 33.1 Å². The van der Waals surface area contributed by atoms with E-state index in [1.54, 1.807) is 24.3 Å². The minimum atomic E-state index is -1.11. The Kier molecular flexibility index (Phi) is 10.8. The lowest BCUT2D eigenvalue weighted by atomic mass is 9.49. The standard InChI is InChI=1S/C43H47ClFN9O6/c1-42(2)40(43(3,4)41(42)60-26-6-5-23(22-46)29(44)19-26)49-36(56)31-7-9-34(51-50-31)53-17-13-25(14-18-53)47-24-11-15-52(16-12-24)33-21-28-27(20-30(33)45)38(58)54(39(28)59)32-8-10-35(55)48-37(32)57/h5-7,9,19-21,24-25,32,40-41,47H,8,10-18H2,1-4H3,(H,49,56)(H,48,55,57). The Morgan fingerprint density at radius 2 is 1.52 bits per heavy atom. The van der Waals surface area contributed by atoms with E-state index < -0.39 is 46.3 Å². The van der Waals surface area contributed by atoms with Crippen molar-refractivity contribution in [3.05, 3.63) is 75.7 Å². The first-order chi connectivity index (χ1) is 28.6. The van der Waals surface area contributed by atoms with Gasteiger partial charge in [0.05, 0.1) is 27.4 Å². The van der Waals surface area contributed by atoms with Crippen molar-refractivity contribution in [1.29, 1.82) is 5.26 Å². The zero-order valence-corrected chi connectivity index (χ0v) is 34.6. The first-order valence-corrected chi connectivity index (χ1v) is 20.8. The molecule has 60 heavy (non-hydrogen) atoms. The number of aromatic nitrogens is 2. The number of fused-ring (bicyclic) bond motifs is 1. The molecule has 17 heteroatoms. The van der Waals surface area contributed by atoms with Crippen LogP contribution in [0.4, 0.5) is 15.9 Å². The van der Waals surface area contributed by atoms with Crippen molar-refractivity contribution in [3.63, 3.8) is 0 Å². The number of ether oxygens (including phenoxy) is 1. The molecule has 314 valence electrons. The molecule has 1 saturated carbocycles. The van der Waals surface area contributed by atoms with Crippen LogP contribution in [0.1, 0.15) is 103 Å². The summed E-state index contributed by atoms with van der Waals surface area (Å²) >= 11 is 6.23. The average Bonchev–Trinajstić information content (AvgIpc) is 3.46. The van der Waals surface area contributed by atoms with E-state index in [0.717, 1.165) is 49.7 Å². The van der Waals surface area contributed by atoms with Gasteiger partial charge in [-0.05, 0) is 68.5 Å². The van der Waals surface area contributed by atoms with Gasteiger partial charge < -0.3 is 25.2 Å². The number of hydrogen-bond donors (Lipinski definition) is 3. The van der Waals surface area contributed by atoms with E-state index in [1.807, 2.05) is 38.7 Å². The van der Waals surface area contributed by atoms with Gasteiger partial charge >= 0.3 is 0 Å². The Morgan fingerprint density at radius 3 is 2.10 bits per heavy atom. The summed E-state index contributed by atoms with van der Waals surface area (Å²) in [7, 11) is 0. The van der Waals surface area contributed by atoms with E-state index in [1.165, 1.54) is 6.07 Å². The van der Waals surface area contributed by atoms with Gasteiger partial charge in [0.15, 0.2) is 11.5 Å². The van der Waals surface area contributed by atoms with Gasteiger partial charge in [-0.2, -0.15) is 5.26 Å². The third-order valence-corrected chi connectivity index (χ3v) is 13.3. The van der Waals surface area contributed by atoms with Gasteiger partial charge in [0.2, 0.25) is 11.8 Å². The van der Waals surface area contributed by atoms with Gasteiger partial charge in [0.1, 0.15) is 29.8 Å². The molecule has 1 aromatic heterocycles. The van der Waals surface area contributed by atoms with E-state index in [-0.39, 0.29) is 65.5 Å². The highest BCUT2D eigenvalue weighted by atomic mass is 35.5. The molecule has 1 atom stereocenters. The molecule has 5 heterocycles. The number of hydrogen-bond acceptors (Lipinski definition) is 12. The fourth-order valence-corrected chi connectivity index (χ4v) is 10.2. The maximum absolute atomic E-state index is 15.4. The molecule has 1 aliphatic carbocycles. The minimum absolute atomic E-state index is 0.00857. The number of halogens is 2. The van der Waals surface area contributed by atoms with Gasteiger partial charge in [-0.1, -0.05) is 39.3 Å². The summed E-state index contributed by atoms with van der Waals surface area (Å²) in [5.41, 5.74) is -0.00135. The molecular formula is C43H47ClFN9O6. The molecule has 3 saturated heterocycles. The molecule has 0 spiro atoms. The Hall–Kier alpha value is -5.66. The van der Waals surface area contributed by atoms with E-state index in [2.05, 4.69) is 37.1 Å². The topological polar surface area (TPSA) is 190 Å². The second-order valence-electron chi connectivity index (χ2n) is 17.6. The summed E-state index contributed by atoms with van der Waals surface area (Å²) in [6, 6.07) is 12.3. The summed E-state index contributed by atoms with van der Waals surface area (Å²) in [4.78, 5) is 68.8. The molecule has 2 aromatic carbocycles. The van der Waals surface area contributed by atoms with Crippen molar-refractivity contribution in [1.82, 2.24) is 31.0 Å². The number of benzene rings is 2. The number of nitrogens with one attached hydrogen (secondary N) is 3. The maximum Gasteiger partial charge on any atom is 0.272 e. The van der Waals surface area contributed by atoms with Crippen LogP contribution in [-0.2, 0) is 9.59 Å². The van der Waals surface area contributed by atoms with Crippen LogP contribution in [0.15, 0.2) is 42.5 Å². The highest BCUT2D eigenvalue weighted by molar-refractivity contribution is 6.31. The summed E-state index contributed by atoms with van der Waals surface area (Å²) < 4.78 is 21.8. The van der Waals surface area contributed by atoms with Crippen LogP contribution >= 0.6 is 11.6 Å². The molecule has 4 fully saturated rings. The number of anilines is 2. The van der Waals surface area contributed by atoms with Crippen LogP contribution in [0.25, 0.3) is 0 Å². The monoisotopic (exact) mass is 839 g/mol. The fourth-order valence-electron chi connectivity index (χ4n) is 10.0. The van der Waals surface area contributed by atoms with E-state index >= 15 is 4.39 Å². The molecule has 3 N–H and O–H groups in total. The normalized spacial score (nSPS) is 24.1. The number of rotatable bonds is 9. The molecule has 5 amide bonds. The number of nitrogens with zero attached hydrogens (tertiary/aromatic N) is 6. The minimum Gasteiger partial charge on any atom is -0.489 e. The number of amides is 5. The molecule has 8 rings (SSSR count). The number of nitriles is 1. The summed E-state index contributed by atoms with van der Waals surface area (Å²) in [5.74, 6) is -2.21. The van der Waals surface area contributed by atoms with Crippen molar-refractivity contribution in [2.75, 3.05) is 36.0 Å². The van der Waals surface area contributed by atoms with Crippen LogP contribution in [0.5, 0.6) is 5.75 Å². The first-order valence-electron chi connectivity index (χ1n) is 20.4.